The topological polar surface area (TPSA) is 149 Å². The number of rotatable bonds is 6. The van der Waals surface area contributed by atoms with Crippen LogP contribution in [0.15, 0.2) is 81.6 Å². The molecule has 0 saturated heterocycles. The Morgan fingerprint density at radius 3 is 2.58 bits per heavy atom. The second-order valence-corrected chi connectivity index (χ2v) is 12.4. The molecule has 0 bridgehead atoms. The Balaban J connectivity index is 1.45. The standard InChI is InChI=1S/C29H25N7O2S2/c1-29(2)12-21-25(22(37)13-29)24(17-8-4-3-5-9-17)19(15-31)26(32)36(21)27-34-35-28(40-27)39-16-23(38)33-20-11-7-6-10-18(20)14-30/h3-11,24H,12-13,16,32H2,1-2H3,(H,33,38). The van der Waals surface area contributed by atoms with Crippen LogP contribution in [-0.2, 0) is 9.59 Å². The van der Waals surface area contributed by atoms with Gasteiger partial charge in [-0.25, -0.2) is 0 Å². The number of nitrogens with zero attached hydrogens (tertiary/aromatic N) is 5. The molecule has 1 aromatic heterocycles. The molecule has 1 aliphatic heterocycles. The molecule has 1 aliphatic carbocycles. The van der Waals surface area contributed by atoms with Gasteiger partial charge in [0.05, 0.1) is 34.6 Å². The van der Waals surface area contributed by atoms with E-state index in [1.54, 1.807) is 29.2 Å². The summed E-state index contributed by atoms with van der Waals surface area (Å²) in [6.07, 6.45) is 0.933. The van der Waals surface area contributed by atoms with Crippen LogP contribution in [0.4, 0.5) is 10.8 Å². The number of Topliss-reactive ketones (excluding diaryl/α,β-unsaturated/α-hetero) is 1. The van der Waals surface area contributed by atoms with Gasteiger partial charge in [-0.3, -0.25) is 14.5 Å². The highest BCUT2D eigenvalue weighted by Crippen LogP contribution is 2.50. The third-order valence-electron chi connectivity index (χ3n) is 6.75. The Bertz CT molecular complexity index is 1640. The molecule has 2 aliphatic rings. The van der Waals surface area contributed by atoms with Gasteiger partial charge in [0.25, 0.3) is 0 Å². The largest absolute Gasteiger partial charge is 0.384 e. The van der Waals surface area contributed by atoms with Crippen molar-refractivity contribution in [2.24, 2.45) is 11.1 Å². The minimum absolute atomic E-state index is 0.0150. The monoisotopic (exact) mass is 567 g/mol. The zero-order chi connectivity index (χ0) is 28.4. The lowest BCUT2D eigenvalue weighted by atomic mass is 9.69. The minimum atomic E-state index is -0.553. The zero-order valence-corrected chi connectivity index (χ0v) is 23.5. The summed E-state index contributed by atoms with van der Waals surface area (Å²) in [5, 5.41) is 31.2. The number of ketones is 1. The molecule has 9 nitrogen and oxygen atoms in total. The van der Waals surface area contributed by atoms with Crippen molar-refractivity contribution in [3.8, 4) is 12.1 Å². The fourth-order valence-corrected chi connectivity index (χ4v) is 6.74. The number of aromatic nitrogens is 2. The predicted octanol–water partition coefficient (Wildman–Crippen LogP) is 5.08. The molecular formula is C29H25N7O2S2. The number of thioether (sulfide) groups is 1. The number of benzene rings is 2. The molecular weight excluding hydrogens is 543 g/mol. The van der Waals surface area contributed by atoms with Crippen molar-refractivity contribution in [3.63, 3.8) is 0 Å². The summed E-state index contributed by atoms with van der Waals surface area (Å²) in [4.78, 5) is 27.8. The molecule has 3 N–H and O–H groups in total. The van der Waals surface area contributed by atoms with Crippen LogP contribution in [-0.4, -0.2) is 27.6 Å². The van der Waals surface area contributed by atoms with Crippen molar-refractivity contribution in [2.45, 2.75) is 36.9 Å². The van der Waals surface area contributed by atoms with E-state index in [1.165, 1.54) is 23.1 Å². The van der Waals surface area contributed by atoms with E-state index in [1.807, 2.05) is 44.2 Å². The third kappa shape index (κ3) is 5.22. The number of nitrogens with one attached hydrogen (secondary N) is 1. The molecule has 1 unspecified atom stereocenters. The fraction of sp³-hybridized carbons (Fsp3) is 0.241. The molecule has 2 heterocycles. The minimum Gasteiger partial charge on any atom is -0.384 e. The van der Waals surface area contributed by atoms with E-state index in [4.69, 9.17) is 5.73 Å². The summed E-state index contributed by atoms with van der Waals surface area (Å²) >= 11 is 2.43. The van der Waals surface area contributed by atoms with Gasteiger partial charge < -0.3 is 11.1 Å². The molecule has 11 heteroatoms. The molecule has 0 spiro atoms. The van der Waals surface area contributed by atoms with Gasteiger partial charge >= 0.3 is 0 Å². The Kier molecular flexibility index (Phi) is 7.44. The van der Waals surface area contributed by atoms with Crippen molar-refractivity contribution < 1.29 is 9.59 Å². The molecule has 1 amide bonds. The maximum atomic E-state index is 13.6. The fourth-order valence-electron chi connectivity index (χ4n) is 5.06. The maximum Gasteiger partial charge on any atom is 0.234 e. The summed E-state index contributed by atoms with van der Waals surface area (Å²) in [5.74, 6) is -0.580. The van der Waals surface area contributed by atoms with Gasteiger partial charge in [-0.1, -0.05) is 79.4 Å². The zero-order valence-electron chi connectivity index (χ0n) is 21.8. The highest BCUT2D eigenvalue weighted by atomic mass is 32.2. The molecule has 40 heavy (non-hydrogen) atoms. The Morgan fingerprint density at radius 2 is 1.85 bits per heavy atom. The molecule has 5 rings (SSSR count). The number of allylic oxidation sites excluding steroid dienone is 3. The number of anilines is 2. The van der Waals surface area contributed by atoms with Crippen LogP contribution < -0.4 is 16.0 Å². The van der Waals surface area contributed by atoms with Crippen LogP contribution in [0.2, 0.25) is 0 Å². The number of carbonyl (C=O) groups excluding carboxylic acids is 2. The summed E-state index contributed by atoms with van der Waals surface area (Å²) in [6.45, 7) is 4.07. The first kappa shape index (κ1) is 27.1. The molecule has 1 atom stereocenters. The summed E-state index contributed by atoms with van der Waals surface area (Å²) in [6, 6.07) is 20.6. The van der Waals surface area contributed by atoms with Gasteiger partial charge in [0.1, 0.15) is 11.9 Å². The van der Waals surface area contributed by atoms with Gasteiger partial charge in [0.15, 0.2) is 10.1 Å². The van der Waals surface area contributed by atoms with E-state index < -0.39 is 5.92 Å². The predicted molar refractivity (Wildman–Crippen MR) is 154 cm³/mol. The van der Waals surface area contributed by atoms with Gasteiger partial charge in [-0.15, -0.1) is 10.2 Å². The van der Waals surface area contributed by atoms with Crippen molar-refractivity contribution in [2.75, 3.05) is 16.0 Å². The maximum absolute atomic E-state index is 13.6. The van der Waals surface area contributed by atoms with E-state index in [2.05, 4.69) is 27.7 Å². The lowest BCUT2D eigenvalue weighted by Gasteiger charge is -2.42. The first-order valence-electron chi connectivity index (χ1n) is 12.5. The van der Waals surface area contributed by atoms with Crippen LogP contribution in [0.3, 0.4) is 0 Å². The number of nitriles is 2. The van der Waals surface area contributed by atoms with Crippen LogP contribution in [0.5, 0.6) is 0 Å². The number of carbonyl (C=O) groups is 2. The summed E-state index contributed by atoms with van der Waals surface area (Å²) < 4.78 is 0.527. The van der Waals surface area contributed by atoms with E-state index in [9.17, 15) is 20.1 Å². The van der Waals surface area contributed by atoms with Gasteiger partial charge in [0.2, 0.25) is 11.0 Å². The molecule has 3 aromatic rings. The second-order valence-electron chi connectivity index (χ2n) is 10.2. The lowest BCUT2D eigenvalue weighted by Crippen LogP contribution is -2.42. The van der Waals surface area contributed by atoms with Crippen LogP contribution in [0.25, 0.3) is 0 Å². The SMILES string of the molecule is CC1(C)CC(=O)C2=C(C1)N(c1nnc(SCC(=O)Nc3ccccc3C#N)s1)C(N)=C(C#N)C2c1ccccc1. The molecule has 2 aromatic carbocycles. The quantitative estimate of drug-likeness (QED) is 0.389. The first-order chi connectivity index (χ1) is 19.2. The molecule has 0 fully saturated rings. The lowest BCUT2D eigenvalue weighted by molar-refractivity contribution is -0.118. The van der Waals surface area contributed by atoms with Gasteiger partial charge in [0, 0.05) is 17.7 Å². The first-order valence-corrected chi connectivity index (χ1v) is 14.3. The molecule has 0 radical (unpaired) electrons. The molecule has 0 saturated carbocycles. The molecule has 200 valence electrons. The van der Waals surface area contributed by atoms with Gasteiger partial charge in [-0.05, 0) is 29.5 Å². The summed E-state index contributed by atoms with van der Waals surface area (Å²) in [5.41, 5.74) is 9.59. The number of para-hydroxylation sites is 1. The Morgan fingerprint density at radius 1 is 1.12 bits per heavy atom. The number of hydrogen-bond acceptors (Lipinski definition) is 10. The van der Waals surface area contributed by atoms with Crippen LogP contribution in [0, 0.1) is 28.1 Å². The smallest absolute Gasteiger partial charge is 0.234 e. The van der Waals surface area contributed by atoms with E-state index in [0.29, 0.717) is 39.1 Å². The Labute approximate surface area is 240 Å². The van der Waals surface area contributed by atoms with Gasteiger partial charge in [-0.2, -0.15) is 10.5 Å². The average molecular weight is 568 g/mol. The van der Waals surface area contributed by atoms with Crippen LogP contribution >= 0.6 is 23.1 Å². The van der Waals surface area contributed by atoms with Crippen molar-refractivity contribution in [3.05, 3.63) is 88.4 Å². The number of nitrogens with two attached hydrogens (primary N) is 1. The normalized spacial score (nSPS) is 18.1. The van der Waals surface area contributed by atoms with Crippen molar-refractivity contribution >= 4 is 45.6 Å². The van der Waals surface area contributed by atoms with E-state index in [0.717, 1.165) is 11.3 Å². The number of hydrogen-bond donors (Lipinski definition) is 2. The van der Waals surface area contributed by atoms with Crippen molar-refractivity contribution in [1.82, 2.24) is 10.2 Å². The average Bonchev–Trinajstić information content (AvgIpc) is 3.40. The van der Waals surface area contributed by atoms with Crippen molar-refractivity contribution in [1.29, 1.82) is 10.5 Å². The van der Waals surface area contributed by atoms with E-state index in [-0.39, 0.29) is 34.3 Å². The summed E-state index contributed by atoms with van der Waals surface area (Å²) in [7, 11) is 0. The van der Waals surface area contributed by atoms with Crippen LogP contribution in [0.1, 0.15) is 43.7 Å². The number of amides is 1. The second kappa shape index (κ2) is 11.0. The Hall–Kier alpha value is -4.45. The highest BCUT2D eigenvalue weighted by molar-refractivity contribution is 8.01. The third-order valence-corrected chi connectivity index (χ3v) is 8.79. The van der Waals surface area contributed by atoms with E-state index >= 15 is 0 Å². The highest BCUT2D eigenvalue weighted by Gasteiger charge is 2.45.